The number of fused-ring (bicyclic) bond motifs is 2. The van der Waals surface area contributed by atoms with Crippen molar-refractivity contribution in [1.29, 1.82) is 0 Å². The highest BCUT2D eigenvalue weighted by atomic mass is 16.2. The molecule has 0 spiro atoms. The van der Waals surface area contributed by atoms with Crippen LogP contribution in [-0.4, -0.2) is 98.1 Å². The molecule has 6 heterocycles. The Morgan fingerprint density at radius 2 is 1.87 bits per heavy atom. The van der Waals surface area contributed by atoms with Crippen LogP contribution in [0.5, 0.6) is 0 Å². The first-order valence-corrected chi connectivity index (χ1v) is 13.6. The van der Waals surface area contributed by atoms with Crippen molar-refractivity contribution in [2.75, 3.05) is 46.8 Å². The van der Waals surface area contributed by atoms with Gasteiger partial charge in [0.25, 0.3) is 0 Å². The monoisotopic (exact) mass is 526 g/mol. The van der Waals surface area contributed by atoms with Crippen LogP contribution < -0.4 is 0 Å². The Balaban J connectivity index is 1.10. The molecule has 0 aliphatic carbocycles. The molecule has 2 saturated heterocycles. The SMILES string of the molecule is CN(C)C/C=C/C(=O)N1CCC(C(=O)N2CCC(c3cc4c(-c5cnn6ncccc56)ccnc4[nH]3)CC2)C1. The van der Waals surface area contributed by atoms with Crippen LogP contribution in [0.15, 0.2) is 55.0 Å². The molecule has 1 unspecified atom stereocenters. The van der Waals surface area contributed by atoms with E-state index in [2.05, 4.69) is 26.2 Å². The molecule has 4 aromatic rings. The number of aromatic nitrogens is 5. The number of hydrogen-bond acceptors (Lipinski definition) is 6. The van der Waals surface area contributed by atoms with E-state index >= 15 is 0 Å². The fourth-order valence-corrected chi connectivity index (χ4v) is 5.84. The summed E-state index contributed by atoms with van der Waals surface area (Å²) in [4.78, 5) is 39.7. The standard InChI is InChI=1S/C29H34N8O2/c1-34(2)13-4-6-27(38)36-16-10-21(19-36)29(39)35-14-8-20(9-15-35)25-17-23-22(7-12-30-28(23)33-25)24-18-32-37-26(24)5-3-11-31-37/h3-7,11-12,17-18,20-21H,8-10,13-16,19H2,1-2H3,(H,30,33)/b6-4+. The molecule has 0 radical (unpaired) electrons. The number of H-pyrrole nitrogens is 1. The molecule has 2 aliphatic heterocycles. The highest BCUT2D eigenvalue weighted by molar-refractivity contribution is 5.97. The van der Waals surface area contributed by atoms with Gasteiger partial charge in [-0.2, -0.15) is 14.8 Å². The van der Waals surface area contributed by atoms with Gasteiger partial charge in [0, 0.05) is 73.8 Å². The van der Waals surface area contributed by atoms with E-state index in [0.29, 0.717) is 19.0 Å². The van der Waals surface area contributed by atoms with E-state index in [4.69, 9.17) is 0 Å². The molecule has 2 amide bonds. The molecule has 39 heavy (non-hydrogen) atoms. The summed E-state index contributed by atoms with van der Waals surface area (Å²) in [5, 5.41) is 9.76. The molecular weight excluding hydrogens is 492 g/mol. The van der Waals surface area contributed by atoms with E-state index in [9.17, 15) is 9.59 Å². The number of likely N-dealkylation sites (N-methyl/N-ethyl adjacent to an activating group) is 1. The van der Waals surface area contributed by atoms with Crippen LogP contribution in [0.2, 0.25) is 0 Å². The number of rotatable bonds is 6. The van der Waals surface area contributed by atoms with Crippen LogP contribution in [0.4, 0.5) is 0 Å². The average Bonchev–Trinajstić information content (AvgIpc) is 3.71. The van der Waals surface area contributed by atoms with Crippen molar-refractivity contribution in [3.63, 3.8) is 0 Å². The third-order valence-corrected chi connectivity index (χ3v) is 7.97. The van der Waals surface area contributed by atoms with Crippen molar-refractivity contribution < 1.29 is 9.59 Å². The molecule has 0 saturated carbocycles. The average molecular weight is 527 g/mol. The normalized spacial score (nSPS) is 18.8. The number of hydrogen-bond donors (Lipinski definition) is 1. The summed E-state index contributed by atoms with van der Waals surface area (Å²) in [6.45, 7) is 3.34. The van der Waals surface area contributed by atoms with Crippen molar-refractivity contribution in [3.05, 3.63) is 60.7 Å². The number of piperidine rings is 1. The van der Waals surface area contributed by atoms with Gasteiger partial charge in [-0.3, -0.25) is 9.59 Å². The minimum absolute atomic E-state index is 0.00182. The van der Waals surface area contributed by atoms with Gasteiger partial charge in [-0.25, -0.2) is 4.98 Å². The van der Waals surface area contributed by atoms with Crippen LogP contribution in [0.3, 0.4) is 0 Å². The van der Waals surface area contributed by atoms with Gasteiger partial charge in [-0.15, -0.1) is 0 Å². The Labute approximate surface area is 227 Å². The molecule has 10 heteroatoms. The van der Waals surface area contributed by atoms with Crippen LogP contribution in [0.25, 0.3) is 27.7 Å². The molecular formula is C29H34N8O2. The van der Waals surface area contributed by atoms with Crippen molar-refractivity contribution in [3.8, 4) is 11.1 Å². The molecule has 202 valence electrons. The highest BCUT2D eigenvalue weighted by Crippen LogP contribution is 2.35. The number of nitrogens with zero attached hydrogens (tertiary/aromatic N) is 7. The number of aromatic amines is 1. The maximum atomic E-state index is 13.3. The zero-order chi connectivity index (χ0) is 26.9. The number of carbonyl (C=O) groups is 2. The first-order valence-electron chi connectivity index (χ1n) is 13.6. The topological polar surface area (TPSA) is 103 Å². The lowest BCUT2D eigenvalue weighted by molar-refractivity contribution is -0.136. The summed E-state index contributed by atoms with van der Waals surface area (Å²) in [5.41, 5.74) is 5.08. The summed E-state index contributed by atoms with van der Waals surface area (Å²) >= 11 is 0. The second-order valence-corrected chi connectivity index (χ2v) is 10.8. The Bertz CT molecular complexity index is 1530. The summed E-state index contributed by atoms with van der Waals surface area (Å²) < 4.78 is 1.64. The predicted molar refractivity (Wildman–Crippen MR) is 149 cm³/mol. The Hall–Kier alpha value is -4.05. The highest BCUT2D eigenvalue weighted by Gasteiger charge is 2.35. The van der Waals surface area contributed by atoms with Crippen molar-refractivity contribution in [1.82, 2.24) is 39.5 Å². The number of carbonyl (C=O) groups excluding carboxylic acids is 2. The minimum atomic E-state index is -0.104. The molecule has 0 bridgehead atoms. The molecule has 1 atom stereocenters. The lowest BCUT2D eigenvalue weighted by Crippen LogP contribution is -2.42. The van der Waals surface area contributed by atoms with Crippen LogP contribution in [-0.2, 0) is 9.59 Å². The molecule has 0 aromatic carbocycles. The third kappa shape index (κ3) is 5.04. The molecule has 6 rings (SSSR count). The van der Waals surface area contributed by atoms with Crippen LogP contribution >= 0.6 is 0 Å². The summed E-state index contributed by atoms with van der Waals surface area (Å²) in [5.74, 6) is 0.416. The van der Waals surface area contributed by atoms with Gasteiger partial charge in [0.2, 0.25) is 11.8 Å². The minimum Gasteiger partial charge on any atom is -0.343 e. The van der Waals surface area contributed by atoms with Gasteiger partial charge in [-0.05, 0) is 63.2 Å². The first-order chi connectivity index (χ1) is 19.0. The largest absolute Gasteiger partial charge is 0.343 e. The second kappa shape index (κ2) is 10.6. The number of pyridine rings is 1. The smallest absolute Gasteiger partial charge is 0.246 e. The molecule has 2 fully saturated rings. The molecule has 2 aliphatic rings. The summed E-state index contributed by atoms with van der Waals surface area (Å²) in [7, 11) is 3.94. The second-order valence-electron chi connectivity index (χ2n) is 10.8. The van der Waals surface area contributed by atoms with E-state index in [1.807, 2.05) is 60.6 Å². The quantitative estimate of drug-likeness (QED) is 0.388. The van der Waals surface area contributed by atoms with Crippen molar-refractivity contribution in [2.24, 2.45) is 5.92 Å². The zero-order valence-corrected chi connectivity index (χ0v) is 22.5. The Kier molecular flexibility index (Phi) is 6.86. The van der Waals surface area contributed by atoms with E-state index in [0.717, 1.165) is 72.3 Å². The third-order valence-electron chi connectivity index (χ3n) is 7.97. The van der Waals surface area contributed by atoms with Gasteiger partial charge in [-0.1, -0.05) is 6.08 Å². The maximum Gasteiger partial charge on any atom is 0.246 e. The fourth-order valence-electron chi connectivity index (χ4n) is 5.84. The lowest BCUT2D eigenvalue weighted by Gasteiger charge is -2.33. The molecule has 1 N–H and O–H groups in total. The van der Waals surface area contributed by atoms with E-state index in [1.165, 1.54) is 0 Å². The van der Waals surface area contributed by atoms with Crippen molar-refractivity contribution in [2.45, 2.75) is 25.2 Å². The van der Waals surface area contributed by atoms with Gasteiger partial charge in [0.1, 0.15) is 5.65 Å². The van der Waals surface area contributed by atoms with Gasteiger partial charge in [0.05, 0.1) is 17.6 Å². The van der Waals surface area contributed by atoms with Gasteiger partial charge >= 0.3 is 0 Å². The van der Waals surface area contributed by atoms with E-state index in [-0.39, 0.29) is 17.7 Å². The van der Waals surface area contributed by atoms with Gasteiger partial charge < -0.3 is 19.7 Å². The summed E-state index contributed by atoms with van der Waals surface area (Å²) in [6.07, 6.45) is 11.4. The Morgan fingerprint density at radius 1 is 1.05 bits per heavy atom. The fraction of sp³-hybridized carbons (Fsp3) is 0.414. The maximum absolute atomic E-state index is 13.3. The van der Waals surface area contributed by atoms with E-state index < -0.39 is 0 Å². The lowest BCUT2D eigenvalue weighted by atomic mass is 9.92. The number of nitrogens with one attached hydrogen (secondary N) is 1. The Morgan fingerprint density at radius 3 is 2.69 bits per heavy atom. The van der Waals surface area contributed by atoms with E-state index in [1.54, 1.807) is 21.8 Å². The van der Waals surface area contributed by atoms with Crippen LogP contribution in [0, 0.1) is 5.92 Å². The number of likely N-dealkylation sites (tertiary alicyclic amines) is 2. The van der Waals surface area contributed by atoms with Crippen molar-refractivity contribution >= 4 is 28.4 Å². The molecule has 10 nitrogen and oxygen atoms in total. The summed E-state index contributed by atoms with van der Waals surface area (Å²) in [6, 6.07) is 8.17. The van der Waals surface area contributed by atoms with Crippen LogP contribution in [0.1, 0.15) is 30.9 Å². The number of amides is 2. The predicted octanol–water partition coefficient (Wildman–Crippen LogP) is 2.94. The first kappa shape index (κ1) is 25.2. The van der Waals surface area contributed by atoms with Gasteiger partial charge in [0.15, 0.2) is 0 Å². The molecule has 4 aromatic heterocycles. The zero-order valence-electron chi connectivity index (χ0n) is 22.5.